The number of ether oxygens (including phenoxy) is 1. The number of anilines is 1. The molecule has 1 saturated heterocycles. The summed E-state index contributed by atoms with van der Waals surface area (Å²) in [6.45, 7) is 7.85. The topological polar surface area (TPSA) is 115 Å². The van der Waals surface area contributed by atoms with Crippen LogP contribution in [-0.2, 0) is 20.9 Å². The van der Waals surface area contributed by atoms with Crippen LogP contribution in [0.25, 0.3) is 0 Å². The zero-order valence-corrected chi connectivity index (χ0v) is 20.0. The number of aromatic nitrogens is 4. The van der Waals surface area contributed by atoms with Crippen molar-refractivity contribution in [2.45, 2.75) is 39.8 Å². The minimum atomic E-state index is -0.532. The molecule has 2 aromatic rings. The Labute approximate surface area is 194 Å². The molecule has 1 unspecified atom stereocenters. The van der Waals surface area contributed by atoms with Crippen molar-refractivity contribution in [1.29, 1.82) is 0 Å². The number of piperazine rings is 1. The number of halogens is 1. The minimum absolute atomic E-state index is 0.0851. The van der Waals surface area contributed by atoms with Gasteiger partial charge in [0.25, 0.3) is 0 Å². The highest BCUT2D eigenvalue weighted by Crippen LogP contribution is 2.19. The standard InChI is InChI=1S/C20H28BrN7O4/c1-4-32-20(31)26-9-7-25(8-10-26)19(30)15(3)28-13-17(14(2)24-28)23-18(29)5-6-27-12-16(21)11-22-27/h11-13,15H,4-10H2,1-3H3,(H,23,29). The van der Waals surface area contributed by atoms with Gasteiger partial charge in [0.1, 0.15) is 6.04 Å². The normalized spacial score (nSPS) is 14.9. The third-order valence-electron chi connectivity index (χ3n) is 5.23. The zero-order chi connectivity index (χ0) is 23.3. The van der Waals surface area contributed by atoms with E-state index in [4.69, 9.17) is 4.74 Å². The summed E-state index contributed by atoms with van der Waals surface area (Å²) in [6.07, 6.45) is 5.06. The predicted molar refractivity (Wildman–Crippen MR) is 120 cm³/mol. The molecule has 3 heterocycles. The molecule has 0 spiro atoms. The fourth-order valence-electron chi connectivity index (χ4n) is 3.39. The van der Waals surface area contributed by atoms with Crippen LogP contribution in [0.3, 0.4) is 0 Å². The average molecular weight is 510 g/mol. The van der Waals surface area contributed by atoms with E-state index in [2.05, 4.69) is 31.4 Å². The van der Waals surface area contributed by atoms with E-state index in [0.717, 1.165) is 4.47 Å². The highest BCUT2D eigenvalue weighted by Gasteiger charge is 2.29. The summed E-state index contributed by atoms with van der Waals surface area (Å²) in [5, 5.41) is 11.4. The lowest BCUT2D eigenvalue weighted by Crippen LogP contribution is -2.52. The molecule has 1 atom stereocenters. The number of nitrogens with zero attached hydrogens (tertiary/aromatic N) is 6. The average Bonchev–Trinajstić information content (AvgIpc) is 3.36. The number of rotatable bonds is 7. The van der Waals surface area contributed by atoms with Crippen molar-refractivity contribution < 1.29 is 19.1 Å². The van der Waals surface area contributed by atoms with Crippen LogP contribution in [0, 0.1) is 6.92 Å². The van der Waals surface area contributed by atoms with Gasteiger partial charge >= 0.3 is 6.09 Å². The van der Waals surface area contributed by atoms with Crippen molar-refractivity contribution in [3.63, 3.8) is 0 Å². The van der Waals surface area contributed by atoms with Gasteiger partial charge in [0.15, 0.2) is 0 Å². The number of nitrogens with one attached hydrogen (secondary N) is 1. The van der Waals surface area contributed by atoms with Gasteiger partial charge in [-0.1, -0.05) is 0 Å². The first kappa shape index (κ1) is 23.8. The number of aryl methyl sites for hydroxylation is 2. The molecule has 32 heavy (non-hydrogen) atoms. The van der Waals surface area contributed by atoms with Crippen molar-refractivity contribution in [2.75, 3.05) is 38.1 Å². The number of amides is 3. The van der Waals surface area contributed by atoms with E-state index in [0.29, 0.717) is 50.7 Å². The monoisotopic (exact) mass is 509 g/mol. The lowest BCUT2D eigenvalue weighted by atomic mass is 10.2. The van der Waals surface area contributed by atoms with Gasteiger partial charge in [0, 0.05) is 51.5 Å². The van der Waals surface area contributed by atoms with Crippen LogP contribution in [0.5, 0.6) is 0 Å². The molecule has 1 aliphatic rings. The molecule has 0 saturated carbocycles. The van der Waals surface area contributed by atoms with E-state index < -0.39 is 6.04 Å². The van der Waals surface area contributed by atoms with Crippen LogP contribution in [0.1, 0.15) is 32.0 Å². The molecule has 12 heteroatoms. The van der Waals surface area contributed by atoms with Crippen LogP contribution < -0.4 is 5.32 Å². The second-order valence-corrected chi connectivity index (χ2v) is 8.43. The summed E-state index contributed by atoms with van der Waals surface area (Å²) in [4.78, 5) is 40.4. The highest BCUT2D eigenvalue weighted by molar-refractivity contribution is 9.10. The number of carbonyl (C=O) groups excluding carboxylic acids is 3. The van der Waals surface area contributed by atoms with E-state index in [1.54, 1.807) is 58.5 Å². The maximum absolute atomic E-state index is 12.9. The Balaban J connectivity index is 1.53. The van der Waals surface area contributed by atoms with Crippen molar-refractivity contribution >= 4 is 39.5 Å². The zero-order valence-electron chi connectivity index (χ0n) is 18.5. The van der Waals surface area contributed by atoms with Gasteiger partial charge < -0.3 is 19.9 Å². The van der Waals surface area contributed by atoms with Crippen molar-refractivity contribution in [3.8, 4) is 0 Å². The van der Waals surface area contributed by atoms with Crippen molar-refractivity contribution in [2.24, 2.45) is 0 Å². The minimum Gasteiger partial charge on any atom is -0.450 e. The maximum atomic E-state index is 12.9. The molecule has 0 aromatic carbocycles. The van der Waals surface area contributed by atoms with Crippen LogP contribution in [0.4, 0.5) is 10.5 Å². The van der Waals surface area contributed by atoms with Gasteiger partial charge in [-0.3, -0.25) is 19.0 Å². The SMILES string of the molecule is CCOC(=O)N1CCN(C(=O)C(C)n2cc(NC(=O)CCn3cc(Br)cn3)c(C)n2)CC1. The van der Waals surface area contributed by atoms with Gasteiger partial charge in [-0.25, -0.2) is 4.79 Å². The van der Waals surface area contributed by atoms with Crippen LogP contribution in [0.15, 0.2) is 23.1 Å². The van der Waals surface area contributed by atoms with E-state index in [-0.39, 0.29) is 24.3 Å². The van der Waals surface area contributed by atoms with Gasteiger partial charge in [-0.15, -0.1) is 0 Å². The Hall–Kier alpha value is -2.89. The molecular formula is C20H28BrN7O4. The predicted octanol–water partition coefficient (Wildman–Crippen LogP) is 2.04. The lowest BCUT2D eigenvalue weighted by molar-refractivity contribution is -0.136. The van der Waals surface area contributed by atoms with Gasteiger partial charge in [-0.2, -0.15) is 10.2 Å². The molecule has 3 rings (SSSR count). The summed E-state index contributed by atoms with van der Waals surface area (Å²) >= 11 is 3.33. The first-order valence-electron chi connectivity index (χ1n) is 10.5. The third-order valence-corrected chi connectivity index (χ3v) is 5.64. The Kier molecular flexibility index (Phi) is 7.89. The summed E-state index contributed by atoms with van der Waals surface area (Å²) in [7, 11) is 0. The molecule has 2 aromatic heterocycles. The first-order chi connectivity index (χ1) is 15.3. The van der Waals surface area contributed by atoms with E-state index >= 15 is 0 Å². The fourth-order valence-corrected chi connectivity index (χ4v) is 3.72. The Morgan fingerprint density at radius 1 is 1.19 bits per heavy atom. The molecule has 0 aliphatic carbocycles. The van der Waals surface area contributed by atoms with E-state index in [9.17, 15) is 14.4 Å². The summed E-state index contributed by atoms with van der Waals surface area (Å²) in [5.41, 5.74) is 1.20. The van der Waals surface area contributed by atoms with Gasteiger partial charge in [-0.05, 0) is 36.7 Å². The lowest BCUT2D eigenvalue weighted by Gasteiger charge is -2.35. The Morgan fingerprint density at radius 2 is 1.88 bits per heavy atom. The summed E-state index contributed by atoms with van der Waals surface area (Å²) in [6, 6.07) is -0.532. The highest BCUT2D eigenvalue weighted by atomic mass is 79.9. The smallest absolute Gasteiger partial charge is 0.409 e. The maximum Gasteiger partial charge on any atom is 0.409 e. The molecule has 11 nitrogen and oxygen atoms in total. The second-order valence-electron chi connectivity index (χ2n) is 7.52. The molecule has 174 valence electrons. The Morgan fingerprint density at radius 3 is 2.50 bits per heavy atom. The van der Waals surface area contributed by atoms with Gasteiger partial charge in [0.05, 0.1) is 28.7 Å². The molecular weight excluding hydrogens is 482 g/mol. The number of hydrogen-bond donors (Lipinski definition) is 1. The first-order valence-corrected chi connectivity index (χ1v) is 11.3. The number of carbonyl (C=O) groups is 3. The largest absolute Gasteiger partial charge is 0.450 e. The Bertz CT molecular complexity index is 965. The fraction of sp³-hybridized carbons (Fsp3) is 0.550. The molecule has 0 radical (unpaired) electrons. The van der Waals surface area contributed by atoms with Gasteiger partial charge in [0.2, 0.25) is 11.8 Å². The summed E-state index contributed by atoms with van der Waals surface area (Å²) < 4.78 is 9.12. The van der Waals surface area contributed by atoms with Crippen LogP contribution >= 0.6 is 15.9 Å². The van der Waals surface area contributed by atoms with Crippen molar-refractivity contribution in [3.05, 3.63) is 28.8 Å². The molecule has 1 aliphatic heterocycles. The molecule has 1 N–H and O–H groups in total. The second kappa shape index (κ2) is 10.6. The molecule has 0 bridgehead atoms. The van der Waals surface area contributed by atoms with E-state index in [1.165, 1.54) is 0 Å². The molecule has 3 amide bonds. The van der Waals surface area contributed by atoms with Crippen molar-refractivity contribution in [1.82, 2.24) is 29.4 Å². The molecule has 1 fully saturated rings. The van der Waals surface area contributed by atoms with Crippen LogP contribution in [-0.4, -0.2) is 80.1 Å². The summed E-state index contributed by atoms with van der Waals surface area (Å²) in [5.74, 6) is -0.244. The number of hydrogen-bond acceptors (Lipinski definition) is 6. The quantitative estimate of drug-likeness (QED) is 0.610. The van der Waals surface area contributed by atoms with E-state index in [1.807, 2.05) is 0 Å². The van der Waals surface area contributed by atoms with Crippen LogP contribution in [0.2, 0.25) is 0 Å². The third kappa shape index (κ3) is 5.87.